The van der Waals surface area contributed by atoms with E-state index in [2.05, 4.69) is 53.8 Å². The lowest BCUT2D eigenvalue weighted by atomic mass is 10.1. The van der Waals surface area contributed by atoms with Gasteiger partial charge in [0.25, 0.3) is 0 Å². The van der Waals surface area contributed by atoms with Crippen molar-refractivity contribution in [2.24, 2.45) is 11.8 Å². The van der Waals surface area contributed by atoms with Crippen LogP contribution in [0.15, 0.2) is 0 Å². The smallest absolute Gasteiger partial charge is 0.103 e. The highest BCUT2D eigenvalue weighted by atomic mass is 32.2. The minimum atomic E-state index is 0.158. The van der Waals surface area contributed by atoms with E-state index >= 15 is 0 Å². The third-order valence-corrected chi connectivity index (χ3v) is 5.54. The van der Waals surface area contributed by atoms with Crippen LogP contribution in [0.3, 0.4) is 0 Å². The lowest BCUT2D eigenvalue weighted by Crippen LogP contribution is -2.35. The second-order valence-corrected chi connectivity index (χ2v) is 9.79. The fraction of sp³-hybridized carbons (Fsp3) is 0.824. The molecule has 0 aliphatic rings. The molecule has 21 heavy (non-hydrogen) atoms. The van der Waals surface area contributed by atoms with E-state index in [1.165, 1.54) is 21.3 Å². The van der Waals surface area contributed by atoms with Crippen molar-refractivity contribution in [1.82, 2.24) is 10.3 Å². The van der Waals surface area contributed by atoms with Crippen LogP contribution in [-0.2, 0) is 18.7 Å². The van der Waals surface area contributed by atoms with Crippen LogP contribution in [0.1, 0.15) is 64.0 Å². The van der Waals surface area contributed by atoms with Crippen LogP contribution < -0.4 is 5.32 Å². The summed E-state index contributed by atoms with van der Waals surface area (Å²) < 4.78 is 0. The largest absolute Gasteiger partial charge is 0.307 e. The maximum atomic E-state index is 4.91. The van der Waals surface area contributed by atoms with Gasteiger partial charge in [0.1, 0.15) is 5.01 Å². The van der Waals surface area contributed by atoms with E-state index < -0.39 is 0 Å². The number of aromatic nitrogens is 1. The van der Waals surface area contributed by atoms with Gasteiger partial charge in [0, 0.05) is 22.7 Å². The van der Waals surface area contributed by atoms with Gasteiger partial charge in [-0.3, -0.25) is 0 Å². The summed E-state index contributed by atoms with van der Waals surface area (Å²) in [6.45, 7) is 16.7. The lowest BCUT2D eigenvalue weighted by molar-refractivity contribution is 0.425. The van der Waals surface area contributed by atoms with Crippen molar-refractivity contribution in [2.75, 3.05) is 5.75 Å². The van der Waals surface area contributed by atoms with Gasteiger partial charge in [-0.2, -0.15) is 11.8 Å². The van der Waals surface area contributed by atoms with Crippen LogP contribution in [-0.4, -0.2) is 16.3 Å². The predicted octanol–water partition coefficient (Wildman–Crippen LogP) is 5.12. The van der Waals surface area contributed by atoms with Gasteiger partial charge in [0.05, 0.1) is 5.69 Å². The molecule has 0 spiro atoms. The fourth-order valence-corrected chi connectivity index (χ4v) is 4.06. The van der Waals surface area contributed by atoms with E-state index in [0.29, 0.717) is 5.92 Å². The molecule has 0 bridgehead atoms. The molecule has 0 aliphatic carbocycles. The Balaban J connectivity index is 2.71. The average Bonchev–Trinajstić information content (AvgIpc) is 2.66. The molecule has 0 unspecified atom stereocenters. The quantitative estimate of drug-likeness (QED) is 0.717. The third kappa shape index (κ3) is 8.22. The Labute approximate surface area is 139 Å². The topological polar surface area (TPSA) is 24.9 Å². The molecular formula is C17H32N2S2. The van der Waals surface area contributed by atoms with Gasteiger partial charge in [0.2, 0.25) is 0 Å². The first-order valence-electron chi connectivity index (χ1n) is 7.97. The first-order valence-corrected chi connectivity index (χ1v) is 9.94. The fourth-order valence-electron chi connectivity index (χ4n) is 1.91. The summed E-state index contributed by atoms with van der Waals surface area (Å²) in [5, 5.41) is 4.90. The van der Waals surface area contributed by atoms with Crippen molar-refractivity contribution in [3.8, 4) is 0 Å². The summed E-state index contributed by atoms with van der Waals surface area (Å²) in [6, 6.07) is 0. The standard InChI is InChI=1S/C17H32N2S2/c1-12(2)8-14-15(9-18-17(5,6)7)21-16(19-14)11-20-10-13(3)4/h12-13,18H,8-11H2,1-7H3. The normalized spacial score (nSPS) is 12.6. The molecule has 1 aromatic rings. The number of thiazole rings is 1. The zero-order chi connectivity index (χ0) is 16.0. The molecule has 1 N–H and O–H groups in total. The zero-order valence-electron chi connectivity index (χ0n) is 14.7. The zero-order valence-corrected chi connectivity index (χ0v) is 16.4. The van der Waals surface area contributed by atoms with E-state index in [0.717, 1.165) is 24.6 Å². The average molecular weight is 329 g/mol. The first-order chi connectivity index (χ1) is 9.67. The van der Waals surface area contributed by atoms with Crippen LogP contribution in [0.5, 0.6) is 0 Å². The van der Waals surface area contributed by atoms with Crippen molar-refractivity contribution < 1.29 is 0 Å². The maximum absolute atomic E-state index is 4.91. The molecule has 1 heterocycles. The van der Waals surface area contributed by atoms with Crippen molar-refractivity contribution in [2.45, 2.75) is 72.7 Å². The third-order valence-electron chi connectivity index (χ3n) is 2.88. The van der Waals surface area contributed by atoms with E-state index in [-0.39, 0.29) is 5.54 Å². The summed E-state index contributed by atoms with van der Waals surface area (Å²) in [6.07, 6.45) is 1.09. The Kier molecular flexibility index (Phi) is 7.72. The summed E-state index contributed by atoms with van der Waals surface area (Å²) >= 11 is 3.91. The van der Waals surface area contributed by atoms with Gasteiger partial charge in [0.15, 0.2) is 0 Å². The second-order valence-electron chi connectivity index (χ2n) is 7.59. The van der Waals surface area contributed by atoms with E-state index in [1.807, 2.05) is 23.1 Å². The molecule has 0 saturated carbocycles. The number of rotatable bonds is 8. The Hall–Kier alpha value is -0.0600. The molecule has 0 amide bonds. The molecule has 0 saturated heterocycles. The molecule has 0 aliphatic heterocycles. The lowest BCUT2D eigenvalue weighted by Gasteiger charge is -2.20. The van der Waals surface area contributed by atoms with Crippen LogP contribution in [0.4, 0.5) is 0 Å². The van der Waals surface area contributed by atoms with Gasteiger partial charge >= 0.3 is 0 Å². The van der Waals surface area contributed by atoms with Gasteiger partial charge in [-0.05, 0) is 44.8 Å². The van der Waals surface area contributed by atoms with Crippen LogP contribution in [0, 0.1) is 11.8 Å². The maximum Gasteiger partial charge on any atom is 0.103 e. The van der Waals surface area contributed by atoms with Crippen molar-refractivity contribution in [3.63, 3.8) is 0 Å². The second kappa shape index (κ2) is 8.54. The number of hydrogen-bond acceptors (Lipinski definition) is 4. The number of nitrogens with zero attached hydrogens (tertiary/aromatic N) is 1. The number of hydrogen-bond donors (Lipinski definition) is 1. The molecule has 0 aromatic carbocycles. The monoisotopic (exact) mass is 328 g/mol. The molecular weight excluding hydrogens is 296 g/mol. The highest BCUT2D eigenvalue weighted by Crippen LogP contribution is 2.26. The molecule has 1 rings (SSSR count). The molecule has 0 fully saturated rings. The summed E-state index contributed by atoms with van der Waals surface area (Å²) in [7, 11) is 0. The molecule has 122 valence electrons. The van der Waals surface area contributed by atoms with E-state index in [9.17, 15) is 0 Å². The van der Waals surface area contributed by atoms with Crippen LogP contribution in [0.25, 0.3) is 0 Å². The van der Waals surface area contributed by atoms with Crippen LogP contribution in [0.2, 0.25) is 0 Å². The molecule has 0 radical (unpaired) electrons. The van der Waals surface area contributed by atoms with Gasteiger partial charge in [-0.1, -0.05) is 27.7 Å². The number of thioether (sulfide) groups is 1. The summed E-state index contributed by atoms with van der Waals surface area (Å²) in [5.41, 5.74) is 1.47. The number of nitrogens with one attached hydrogen (secondary N) is 1. The van der Waals surface area contributed by atoms with Gasteiger partial charge in [-0.25, -0.2) is 4.98 Å². The highest BCUT2D eigenvalue weighted by molar-refractivity contribution is 7.98. The minimum absolute atomic E-state index is 0.158. The predicted molar refractivity (Wildman–Crippen MR) is 98.2 cm³/mol. The van der Waals surface area contributed by atoms with E-state index in [1.54, 1.807) is 0 Å². The Morgan fingerprint density at radius 2 is 1.81 bits per heavy atom. The van der Waals surface area contributed by atoms with Crippen molar-refractivity contribution >= 4 is 23.1 Å². The summed E-state index contributed by atoms with van der Waals surface area (Å²) in [5.74, 6) is 3.70. The molecule has 4 heteroatoms. The molecule has 1 aromatic heterocycles. The Bertz CT molecular complexity index is 417. The van der Waals surface area contributed by atoms with Gasteiger partial charge in [-0.15, -0.1) is 11.3 Å². The minimum Gasteiger partial charge on any atom is -0.307 e. The molecule has 2 nitrogen and oxygen atoms in total. The SMILES string of the molecule is CC(C)CSCc1nc(CC(C)C)c(CNC(C)(C)C)s1. The van der Waals surface area contributed by atoms with Crippen molar-refractivity contribution in [1.29, 1.82) is 0 Å². The first kappa shape index (κ1) is 19.0. The Morgan fingerprint density at radius 1 is 1.14 bits per heavy atom. The summed E-state index contributed by atoms with van der Waals surface area (Å²) in [4.78, 5) is 6.33. The van der Waals surface area contributed by atoms with Gasteiger partial charge < -0.3 is 5.32 Å². The highest BCUT2D eigenvalue weighted by Gasteiger charge is 2.15. The van der Waals surface area contributed by atoms with Crippen LogP contribution >= 0.6 is 23.1 Å². The Morgan fingerprint density at radius 3 is 2.33 bits per heavy atom. The van der Waals surface area contributed by atoms with Crippen molar-refractivity contribution in [3.05, 3.63) is 15.6 Å². The van der Waals surface area contributed by atoms with E-state index in [4.69, 9.17) is 4.98 Å². The molecule has 0 atom stereocenters.